The second-order valence-corrected chi connectivity index (χ2v) is 2.42. The highest BCUT2D eigenvalue weighted by Crippen LogP contribution is 2.09. The topological polar surface area (TPSA) is 135 Å². The summed E-state index contributed by atoms with van der Waals surface area (Å²) in [5, 5.41) is 35.4. The van der Waals surface area contributed by atoms with Gasteiger partial charge in [-0.2, -0.15) is 0 Å². The maximum absolute atomic E-state index is 11.3. The van der Waals surface area contributed by atoms with Gasteiger partial charge >= 0.3 is 12.3 Å². The van der Waals surface area contributed by atoms with E-state index in [2.05, 4.69) is 13.8 Å². The zero-order chi connectivity index (χ0) is 16.6. The highest BCUT2D eigenvalue weighted by atomic mass is 19.3. The number of halogens is 4. The van der Waals surface area contributed by atoms with Gasteiger partial charge in [0.1, 0.15) is 0 Å². The molecule has 2 unspecified atom stereocenters. The lowest BCUT2D eigenvalue weighted by Gasteiger charge is -2.04. The molecule has 0 aliphatic rings. The molecule has 0 rings (SSSR count). The fourth-order valence-corrected chi connectivity index (χ4v) is 0.120. The van der Waals surface area contributed by atoms with E-state index < -0.39 is 31.3 Å². The summed E-state index contributed by atoms with van der Waals surface area (Å²) in [7, 11) is 0. The van der Waals surface area contributed by atoms with Crippen LogP contribution in [-0.4, -0.2) is 56.8 Å². The van der Waals surface area contributed by atoms with Crippen molar-refractivity contribution < 1.29 is 52.7 Å². The van der Waals surface area contributed by atoms with Gasteiger partial charge in [-0.05, 0) is 0 Å². The van der Waals surface area contributed by atoms with Crippen LogP contribution in [0.3, 0.4) is 0 Å². The Morgan fingerprint density at radius 1 is 0.895 bits per heavy atom. The van der Waals surface area contributed by atoms with Crippen LogP contribution in [0.5, 0.6) is 0 Å². The highest BCUT2D eigenvalue weighted by molar-refractivity contribution is 5.53. The van der Waals surface area contributed by atoms with Crippen molar-refractivity contribution in [3.8, 4) is 0 Å². The summed E-state index contributed by atoms with van der Waals surface area (Å²) in [4.78, 5) is 17.1. The fourth-order valence-electron chi connectivity index (χ4n) is 0.120. The molecule has 0 aromatic heterocycles. The molecule has 0 amide bonds. The SMILES string of the molecule is CCC.O=C(O)O.O=C(O)O.OC(F)C(F)C(F)F. The predicted octanol–water partition coefficient (Wildman–Crippen LogP) is 2.74. The normalized spacial score (nSPS) is 11.4. The molecular weight excluding hydrogens is 284 g/mol. The molecule has 0 fully saturated rings. The minimum Gasteiger partial charge on any atom is -0.450 e. The van der Waals surface area contributed by atoms with E-state index in [4.69, 9.17) is 35.1 Å². The average Bonchev–Trinajstić information content (AvgIpc) is 2.15. The molecule has 7 nitrogen and oxygen atoms in total. The van der Waals surface area contributed by atoms with E-state index in [1.807, 2.05) is 0 Å². The van der Waals surface area contributed by atoms with Crippen LogP contribution in [-0.2, 0) is 0 Å². The van der Waals surface area contributed by atoms with Crippen molar-refractivity contribution in [2.75, 3.05) is 0 Å². The molecule has 0 saturated heterocycles. The van der Waals surface area contributed by atoms with Crippen molar-refractivity contribution in [2.24, 2.45) is 0 Å². The third-order valence-electron chi connectivity index (χ3n) is 0.503. The molecule has 0 saturated carbocycles. The van der Waals surface area contributed by atoms with Gasteiger partial charge in [0.15, 0.2) is 0 Å². The molecule has 0 aliphatic carbocycles. The molecule has 11 heteroatoms. The number of hydrogen-bond donors (Lipinski definition) is 5. The molecule has 0 aromatic carbocycles. The van der Waals surface area contributed by atoms with Crippen LogP contribution < -0.4 is 0 Å². The fraction of sp³-hybridized carbons (Fsp3) is 0.750. The Hall–Kier alpha value is -1.78. The standard InChI is InChI=1S/C3H4F4O.C3H8.2CH2O3/c4-1(2(5)6)3(7)8;1-3-2;2*2-1(3)4/h1-3,8H;3H2,1-2H3;2*(H2,2,3,4). The first-order valence-corrected chi connectivity index (χ1v) is 4.51. The summed E-state index contributed by atoms with van der Waals surface area (Å²) in [6, 6.07) is 0. The Bertz CT molecular complexity index is 185. The second-order valence-electron chi connectivity index (χ2n) is 2.42. The van der Waals surface area contributed by atoms with Crippen molar-refractivity contribution in [3.05, 3.63) is 0 Å². The first-order valence-electron chi connectivity index (χ1n) is 4.51. The van der Waals surface area contributed by atoms with Crippen molar-refractivity contribution in [1.29, 1.82) is 0 Å². The number of carbonyl (C=O) groups is 2. The Labute approximate surface area is 105 Å². The number of hydrogen-bond acceptors (Lipinski definition) is 3. The maximum atomic E-state index is 11.3. The molecular formula is C8H16F4O7. The van der Waals surface area contributed by atoms with Crippen molar-refractivity contribution in [1.82, 2.24) is 0 Å². The molecule has 19 heavy (non-hydrogen) atoms. The van der Waals surface area contributed by atoms with E-state index in [0.717, 1.165) is 0 Å². The summed E-state index contributed by atoms with van der Waals surface area (Å²) in [6.45, 7) is 4.25. The van der Waals surface area contributed by atoms with Gasteiger partial charge in [0.05, 0.1) is 0 Å². The van der Waals surface area contributed by atoms with E-state index >= 15 is 0 Å². The first-order chi connectivity index (χ1) is 8.43. The summed E-state index contributed by atoms with van der Waals surface area (Å²) >= 11 is 0. The zero-order valence-corrected chi connectivity index (χ0v) is 10.0. The van der Waals surface area contributed by atoms with E-state index in [1.54, 1.807) is 0 Å². The summed E-state index contributed by atoms with van der Waals surface area (Å²) < 4.78 is 44.1. The molecule has 118 valence electrons. The zero-order valence-electron chi connectivity index (χ0n) is 10.0. The van der Waals surface area contributed by atoms with E-state index in [1.165, 1.54) is 6.42 Å². The minimum atomic E-state index is -3.45. The van der Waals surface area contributed by atoms with Gasteiger partial charge in [-0.25, -0.2) is 27.2 Å². The summed E-state index contributed by atoms with van der Waals surface area (Å²) in [6.07, 6.45) is -12.0. The summed E-state index contributed by atoms with van der Waals surface area (Å²) in [5.74, 6) is 0. The minimum absolute atomic E-state index is 1.25. The number of alkyl halides is 4. The highest BCUT2D eigenvalue weighted by Gasteiger charge is 2.27. The van der Waals surface area contributed by atoms with Crippen molar-refractivity contribution >= 4 is 12.3 Å². The molecule has 0 bridgehead atoms. The summed E-state index contributed by atoms with van der Waals surface area (Å²) in [5.41, 5.74) is 0. The lowest BCUT2D eigenvalue weighted by molar-refractivity contribution is -0.0892. The molecule has 0 aromatic rings. The Kier molecular flexibility index (Phi) is 25.4. The van der Waals surface area contributed by atoms with Crippen LogP contribution >= 0.6 is 0 Å². The smallest absolute Gasteiger partial charge is 0.450 e. The van der Waals surface area contributed by atoms with Crippen LogP contribution in [0.4, 0.5) is 27.2 Å². The largest absolute Gasteiger partial charge is 0.503 e. The van der Waals surface area contributed by atoms with Crippen LogP contribution in [0.25, 0.3) is 0 Å². The maximum Gasteiger partial charge on any atom is 0.503 e. The average molecular weight is 300 g/mol. The van der Waals surface area contributed by atoms with E-state index in [0.29, 0.717) is 0 Å². The Morgan fingerprint density at radius 3 is 1.05 bits per heavy atom. The van der Waals surface area contributed by atoms with Gasteiger partial charge in [-0.3, -0.25) is 0 Å². The third kappa shape index (κ3) is 84.8. The Morgan fingerprint density at radius 2 is 1.05 bits per heavy atom. The molecule has 0 spiro atoms. The third-order valence-corrected chi connectivity index (χ3v) is 0.503. The van der Waals surface area contributed by atoms with Crippen LogP contribution in [0.15, 0.2) is 0 Å². The molecule has 2 atom stereocenters. The Balaban J connectivity index is -0.0000000871. The molecule has 0 radical (unpaired) electrons. The second kappa shape index (κ2) is 18.6. The lowest BCUT2D eigenvalue weighted by atomic mass is 10.4. The quantitative estimate of drug-likeness (QED) is 0.495. The number of aliphatic hydroxyl groups is 1. The van der Waals surface area contributed by atoms with Crippen LogP contribution in [0.1, 0.15) is 20.3 Å². The van der Waals surface area contributed by atoms with Crippen LogP contribution in [0.2, 0.25) is 0 Å². The van der Waals surface area contributed by atoms with E-state index in [9.17, 15) is 17.6 Å². The van der Waals surface area contributed by atoms with Gasteiger partial charge in [0.2, 0.25) is 12.5 Å². The number of carboxylic acid groups (broad SMARTS) is 4. The molecule has 0 heterocycles. The van der Waals surface area contributed by atoms with Crippen molar-refractivity contribution in [3.63, 3.8) is 0 Å². The number of aliphatic hydroxyl groups excluding tert-OH is 1. The van der Waals surface area contributed by atoms with Gasteiger partial charge in [-0.1, -0.05) is 20.3 Å². The van der Waals surface area contributed by atoms with E-state index in [-0.39, 0.29) is 0 Å². The van der Waals surface area contributed by atoms with Gasteiger partial charge in [0.25, 0.3) is 6.43 Å². The molecule has 0 aliphatic heterocycles. The van der Waals surface area contributed by atoms with Crippen molar-refractivity contribution in [2.45, 2.75) is 39.2 Å². The lowest BCUT2D eigenvalue weighted by Crippen LogP contribution is -2.24. The monoisotopic (exact) mass is 300 g/mol. The predicted molar refractivity (Wildman–Crippen MR) is 55.3 cm³/mol. The number of rotatable bonds is 2. The van der Waals surface area contributed by atoms with Crippen LogP contribution in [0, 0.1) is 0 Å². The van der Waals surface area contributed by atoms with Gasteiger partial charge in [0, 0.05) is 0 Å². The first kappa shape index (κ1) is 25.9. The molecule has 5 N–H and O–H groups in total. The van der Waals surface area contributed by atoms with Gasteiger partial charge < -0.3 is 25.5 Å². The van der Waals surface area contributed by atoms with Gasteiger partial charge in [-0.15, -0.1) is 0 Å².